The van der Waals surface area contributed by atoms with E-state index in [0.29, 0.717) is 17.0 Å². The van der Waals surface area contributed by atoms with Crippen LogP contribution in [0.15, 0.2) is 29.2 Å². The van der Waals surface area contributed by atoms with E-state index in [2.05, 4.69) is 9.82 Å². The molecule has 0 aliphatic carbocycles. The molecule has 1 atom stereocenters. The molecule has 6 nitrogen and oxygen atoms in total. The van der Waals surface area contributed by atoms with E-state index in [-0.39, 0.29) is 11.4 Å². The summed E-state index contributed by atoms with van der Waals surface area (Å²) in [6.07, 6.45) is -0.895. The Morgan fingerprint density at radius 2 is 1.91 bits per heavy atom. The predicted octanol–water partition coefficient (Wildman–Crippen LogP) is 1.36. The topological polar surface area (TPSA) is 84.2 Å². The first-order valence-electron chi connectivity index (χ1n) is 6.97. The Balaban J connectivity index is 2.18. The molecule has 0 spiro atoms. The third-order valence-corrected chi connectivity index (χ3v) is 5.40. The number of rotatable bonds is 5. The highest BCUT2D eigenvalue weighted by Gasteiger charge is 2.24. The van der Waals surface area contributed by atoms with Gasteiger partial charge in [-0.2, -0.15) is 5.10 Å². The molecule has 1 aromatic heterocycles. The van der Waals surface area contributed by atoms with Crippen LogP contribution in [0.2, 0.25) is 0 Å². The number of hydrogen-bond acceptors (Lipinski definition) is 4. The molecule has 7 heteroatoms. The summed E-state index contributed by atoms with van der Waals surface area (Å²) >= 11 is 0. The highest BCUT2D eigenvalue weighted by Crippen LogP contribution is 2.20. The smallest absolute Gasteiger partial charge is 0.244 e. The first-order chi connectivity index (χ1) is 10.2. The number of aliphatic hydroxyl groups is 1. The van der Waals surface area contributed by atoms with Gasteiger partial charge in [0.1, 0.15) is 4.90 Å². The van der Waals surface area contributed by atoms with Crippen molar-refractivity contribution in [3.05, 3.63) is 46.8 Å². The van der Waals surface area contributed by atoms with Crippen molar-refractivity contribution in [3.8, 4) is 0 Å². The largest absolute Gasteiger partial charge is 0.387 e. The second-order valence-corrected chi connectivity index (χ2v) is 7.05. The molecule has 2 aromatic rings. The van der Waals surface area contributed by atoms with Crippen LogP contribution in [0.25, 0.3) is 0 Å². The van der Waals surface area contributed by atoms with Gasteiger partial charge in [-0.25, -0.2) is 13.1 Å². The fourth-order valence-electron chi connectivity index (χ4n) is 2.47. The highest BCUT2D eigenvalue weighted by atomic mass is 32.2. The van der Waals surface area contributed by atoms with Gasteiger partial charge in [-0.15, -0.1) is 0 Å². The van der Waals surface area contributed by atoms with Crippen molar-refractivity contribution >= 4 is 10.0 Å². The van der Waals surface area contributed by atoms with Crippen molar-refractivity contribution in [2.45, 2.75) is 31.8 Å². The molecular formula is C15H21N3O3S. The molecule has 1 heterocycles. The van der Waals surface area contributed by atoms with Crippen LogP contribution in [0.4, 0.5) is 0 Å². The second-order valence-electron chi connectivity index (χ2n) is 5.35. The number of aliphatic hydroxyl groups excluding tert-OH is 1. The van der Waals surface area contributed by atoms with Gasteiger partial charge in [0.2, 0.25) is 10.0 Å². The summed E-state index contributed by atoms with van der Waals surface area (Å²) < 4.78 is 28.9. The number of nitrogens with zero attached hydrogens (tertiary/aromatic N) is 2. The van der Waals surface area contributed by atoms with Gasteiger partial charge in [-0.1, -0.05) is 24.3 Å². The summed E-state index contributed by atoms with van der Waals surface area (Å²) in [6.45, 7) is 5.15. The number of aromatic nitrogens is 2. The number of aryl methyl sites for hydroxylation is 3. The lowest BCUT2D eigenvalue weighted by atomic mass is 10.0. The first-order valence-corrected chi connectivity index (χ1v) is 8.46. The van der Waals surface area contributed by atoms with E-state index in [1.807, 2.05) is 25.1 Å². The fourth-order valence-corrected chi connectivity index (χ4v) is 3.95. The SMILES string of the molecule is Cc1ccccc1C(O)CNS(=O)(=O)c1c(C)nn(C)c1C. The van der Waals surface area contributed by atoms with Crippen LogP contribution in [0.1, 0.15) is 28.6 Å². The molecule has 2 N–H and O–H groups in total. The quantitative estimate of drug-likeness (QED) is 0.870. The Bertz CT molecular complexity index is 781. The molecule has 0 bridgehead atoms. The Kier molecular flexibility index (Phi) is 4.69. The highest BCUT2D eigenvalue weighted by molar-refractivity contribution is 7.89. The van der Waals surface area contributed by atoms with Gasteiger partial charge in [0.15, 0.2) is 0 Å². The van der Waals surface area contributed by atoms with Crippen molar-refractivity contribution in [3.63, 3.8) is 0 Å². The molecule has 2 rings (SSSR count). The maximum absolute atomic E-state index is 12.4. The Hall–Kier alpha value is -1.70. The van der Waals surface area contributed by atoms with E-state index < -0.39 is 16.1 Å². The monoisotopic (exact) mass is 323 g/mol. The minimum atomic E-state index is -3.71. The zero-order valence-electron chi connectivity index (χ0n) is 13.2. The lowest BCUT2D eigenvalue weighted by Gasteiger charge is -2.15. The van der Waals surface area contributed by atoms with E-state index >= 15 is 0 Å². The molecule has 0 fully saturated rings. The summed E-state index contributed by atoms with van der Waals surface area (Å²) in [5, 5.41) is 14.3. The van der Waals surface area contributed by atoms with Gasteiger partial charge in [-0.3, -0.25) is 4.68 Å². The lowest BCUT2D eigenvalue weighted by molar-refractivity contribution is 0.181. The fraction of sp³-hybridized carbons (Fsp3) is 0.400. The number of sulfonamides is 1. The predicted molar refractivity (Wildman–Crippen MR) is 84.0 cm³/mol. The molecule has 0 saturated carbocycles. The molecule has 120 valence electrons. The van der Waals surface area contributed by atoms with E-state index in [1.165, 1.54) is 4.68 Å². The molecule has 0 radical (unpaired) electrons. The minimum Gasteiger partial charge on any atom is -0.387 e. The van der Waals surface area contributed by atoms with Gasteiger partial charge >= 0.3 is 0 Å². The van der Waals surface area contributed by atoms with E-state index in [1.54, 1.807) is 27.0 Å². The molecule has 0 aliphatic heterocycles. The summed E-state index contributed by atoms with van der Waals surface area (Å²) in [5.74, 6) is 0. The average Bonchev–Trinajstić information content (AvgIpc) is 2.70. The third-order valence-electron chi connectivity index (χ3n) is 3.73. The summed E-state index contributed by atoms with van der Waals surface area (Å²) in [7, 11) is -2.01. The minimum absolute atomic E-state index is 0.0824. The molecule has 1 unspecified atom stereocenters. The van der Waals surface area contributed by atoms with Crippen LogP contribution in [0.3, 0.4) is 0 Å². The molecule has 1 aromatic carbocycles. The number of nitrogens with one attached hydrogen (secondary N) is 1. The van der Waals surface area contributed by atoms with Gasteiger partial charge < -0.3 is 5.11 Å². The maximum atomic E-state index is 12.4. The van der Waals surface area contributed by atoms with Crippen LogP contribution in [0, 0.1) is 20.8 Å². The molecular weight excluding hydrogens is 302 g/mol. The van der Waals surface area contributed by atoms with E-state index in [4.69, 9.17) is 0 Å². The Labute approximate surface area is 130 Å². The van der Waals surface area contributed by atoms with Gasteiger partial charge in [0.25, 0.3) is 0 Å². The van der Waals surface area contributed by atoms with Gasteiger partial charge in [-0.05, 0) is 31.9 Å². The molecule has 0 amide bonds. The lowest BCUT2D eigenvalue weighted by Crippen LogP contribution is -2.29. The van der Waals surface area contributed by atoms with E-state index in [0.717, 1.165) is 5.56 Å². The maximum Gasteiger partial charge on any atom is 0.244 e. The molecule has 0 aliphatic rings. The van der Waals surface area contributed by atoms with Gasteiger partial charge in [0, 0.05) is 13.6 Å². The van der Waals surface area contributed by atoms with Crippen molar-refractivity contribution < 1.29 is 13.5 Å². The van der Waals surface area contributed by atoms with Gasteiger partial charge in [0.05, 0.1) is 17.5 Å². The van der Waals surface area contributed by atoms with Crippen molar-refractivity contribution in [1.82, 2.24) is 14.5 Å². The third kappa shape index (κ3) is 3.21. The number of hydrogen-bond donors (Lipinski definition) is 2. The summed E-state index contributed by atoms with van der Waals surface area (Å²) in [4.78, 5) is 0.173. The zero-order chi connectivity index (χ0) is 16.5. The van der Waals surface area contributed by atoms with Crippen LogP contribution in [-0.2, 0) is 17.1 Å². The zero-order valence-corrected chi connectivity index (χ0v) is 14.0. The van der Waals surface area contributed by atoms with Crippen molar-refractivity contribution in [2.24, 2.45) is 7.05 Å². The first kappa shape index (κ1) is 16.7. The van der Waals surface area contributed by atoms with Crippen molar-refractivity contribution in [1.29, 1.82) is 0 Å². The normalized spacial score (nSPS) is 13.3. The Morgan fingerprint density at radius 3 is 2.45 bits per heavy atom. The number of benzene rings is 1. The Morgan fingerprint density at radius 1 is 1.27 bits per heavy atom. The summed E-state index contributed by atoms with van der Waals surface area (Å²) in [6, 6.07) is 7.35. The molecule has 0 saturated heterocycles. The summed E-state index contributed by atoms with van der Waals surface area (Å²) in [5.41, 5.74) is 2.64. The van der Waals surface area contributed by atoms with Crippen LogP contribution in [-0.4, -0.2) is 29.8 Å². The second kappa shape index (κ2) is 6.20. The van der Waals surface area contributed by atoms with Crippen LogP contribution in [0.5, 0.6) is 0 Å². The molecule has 22 heavy (non-hydrogen) atoms. The van der Waals surface area contributed by atoms with Crippen LogP contribution < -0.4 is 4.72 Å². The standard InChI is InChI=1S/C15H21N3O3S/c1-10-7-5-6-8-13(10)14(19)9-16-22(20,21)15-11(2)17-18(4)12(15)3/h5-8,14,16,19H,9H2,1-4H3. The van der Waals surface area contributed by atoms with Crippen molar-refractivity contribution in [2.75, 3.05) is 6.54 Å². The van der Waals surface area contributed by atoms with E-state index in [9.17, 15) is 13.5 Å². The van der Waals surface area contributed by atoms with Crippen LogP contribution >= 0.6 is 0 Å². The average molecular weight is 323 g/mol.